The molecule has 0 unspecified atom stereocenters. The van der Waals surface area contributed by atoms with Crippen molar-refractivity contribution in [2.45, 2.75) is 6.61 Å². The van der Waals surface area contributed by atoms with E-state index in [0.29, 0.717) is 6.61 Å². The zero-order valence-corrected chi connectivity index (χ0v) is 10.4. The topological polar surface area (TPSA) is 35.0 Å². The molecule has 0 aliphatic carbocycles. The van der Waals surface area contributed by atoms with Gasteiger partial charge in [-0.1, -0.05) is 28.1 Å². The molecule has 0 fully saturated rings. The van der Waals surface area contributed by atoms with E-state index in [-0.39, 0.29) is 0 Å². The Kier molecular flexibility index (Phi) is 3.64. The maximum absolute atomic E-state index is 5.20. The Bertz CT molecular complexity index is 474. The van der Waals surface area contributed by atoms with Crippen LogP contribution in [0.1, 0.15) is 5.56 Å². The van der Waals surface area contributed by atoms with Crippen LogP contribution in [0, 0.1) is 0 Å². The molecule has 0 bridgehead atoms. The SMILES string of the molecule is COCc1c(Br)cccc1-c1cncnc1. The van der Waals surface area contributed by atoms with E-state index < -0.39 is 0 Å². The van der Waals surface area contributed by atoms with Crippen LogP contribution in [-0.2, 0) is 11.3 Å². The molecule has 0 N–H and O–H groups in total. The summed E-state index contributed by atoms with van der Waals surface area (Å²) in [5.41, 5.74) is 3.20. The maximum atomic E-state index is 5.20. The highest BCUT2D eigenvalue weighted by molar-refractivity contribution is 9.10. The molecule has 3 nitrogen and oxygen atoms in total. The van der Waals surface area contributed by atoms with Crippen LogP contribution in [0.25, 0.3) is 11.1 Å². The lowest BCUT2D eigenvalue weighted by atomic mass is 10.0. The Morgan fingerprint density at radius 1 is 1.25 bits per heavy atom. The third-order valence-corrected chi connectivity index (χ3v) is 3.02. The first-order valence-corrected chi connectivity index (χ1v) is 5.64. The number of ether oxygens (including phenoxy) is 1. The van der Waals surface area contributed by atoms with Crippen LogP contribution in [0.4, 0.5) is 0 Å². The highest BCUT2D eigenvalue weighted by Gasteiger charge is 2.08. The van der Waals surface area contributed by atoms with Gasteiger partial charge in [0.05, 0.1) is 6.61 Å². The van der Waals surface area contributed by atoms with Crippen molar-refractivity contribution in [3.05, 3.63) is 47.0 Å². The minimum atomic E-state index is 0.561. The zero-order chi connectivity index (χ0) is 11.4. The van der Waals surface area contributed by atoms with Crippen LogP contribution in [0.5, 0.6) is 0 Å². The van der Waals surface area contributed by atoms with Crippen molar-refractivity contribution in [2.75, 3.05) is 7.11 Å². The molecule has 2 aromatic rings. The molecular formula is C12H11BrN2O. The van der Waals surface area contributed by atoms with E-state index in [4.69, 9.17) is 4.74 Å². The van der Waals surface area contributed by atoms with Gasteiger partial charge in [0.15, 0.2) is 0 Å². The van der Waals surface area contributed by atoms with Crippen molar-refractivity contribution in [3.8, 4) is 11.1 Å². The number of hydrogen-bond donors (Lipinski definition) is 0. The smallest absolute Gasteiger partial charge is 0.115 e. The summed E-state index contributed by atoms with van der Waals surface area (Å²) >= 11 is 3.52. The second-order valence-corrected chi connectivity index (χ2v) is 4.18. The average Bonchev–Trinajstić information content (AvgIpc) is 2.33. The van der Waals surface area contributed by atoms with E-state index in [1.165, 1.54) is 6.33 Å². The van der Waals surface area contributed by atoms with Crippen LogP contribution in [0.3, 0.4) is 0 Å². The molecule has 0 atom stereocenters. The molecule has 1 aromatic heterocycles. The molecule has 82 valence electrons. The number of halogens is 1. The molecule has 0 aliphatic rings. The van der Waals surface area contributed by atoms with Gasteiger partial charge in [0, 0.05) is 29.5 Å². The molecule has 2 rings (SSSR count). The molecule has 0 saturated carbocycles. The minimum Gasteiger partial charge on any atom is -0.380 e. The van der Waals surface area contributed by atoms with Gasteiger partial charge >= 0.3 is 0 Å². The highest BCUT2D eigenvalue weighted by atomic mass is 79.9. The lowest BCUT2D eigenvalue weighted by Crippen LogP contribution is -1.94. The third kappa shape index (κ3) is 2.28. The highest BCUT2D eigenvalue weighted by Crippen LogP contribution is 2.28. The molecule has 16 heavy (non-hydrogen) atoms. The molecule has 1 aromatic carbocycles. The largest absolute Gasteiger partial charge is 0.380 e. The van der Waals surface area contributed by atoms with Crippen LogP contribution in [-0.4, -0.2) is 17.1 Å². The predicted molar refractivity (Wildman–Crippen MR) is 65.9 cm³/mol. The fraction of sp³-hybridized carbons (Fsp3) is 0.167. The van der Waals surface area contributed by atoms with Crippen molar-refractivity contribution in [1.82, 2.24) is 9.97 Å². The van der Waals surface area contributed by atoms with Crippen LogP contribution >= 0.6 is 15.9 Å². The quantitative estimate of drug-likeness (QED) is 0.866. The Balaban J connectivity index is 2.52. The molecule has 0 spiro atoms. The standard InChI is InChI=1S/C12H11BrN2O/c1-16-7-11-10(3-2-4-12(11)13)9-5-14-8-15-6-9/h2-6,8H,7H2,1H3. The van der Waals surface area contributed by atoms with Gasteiger partial charge in [-0.05, 0) is 17.2 Å². The first-order chi connectivity index (χ1) is 7.83. The van der Waals surface area contributed by atoms with Crippen LogP contribution in [0.15, 0.2) is 41.4 Å². The van der Waals surface area contributed by atoms with Gasteiger partial charge in [0.1, 0.15) is 6.33 Å². The van der Waals surface area contributed by atoms with Gasteiger partial charge in [-0.25, -0.2) is 9.97 Å². The lowest BCUT2D eigenvalue weighted by molar-refractivity contribution is 0.185. The van der Waals surface area contributed by atoms with E-state index in [9.17, 15) is 0 Å². The van der Waals surface area contributed by atoms with E-state index in [1.807, 2.05) is 18.2 Å². The van der Waals surface area contributed by atoms with Crippen molar-refractivity contribution in [2.24, 2.45) is 0 Å². The van der Waals surface area contributed by atoms with Gasteiger partial charge < -0.3 is 4.74 Å². The van der Waals surface area contributed by atoms with Crippen molar-refractivity contribution >= 4 is 15.9 Å². The summed E-state index contributed by atoms with van der Waals surface area (Å²) in [6.45, 7) is 0.561. The van der Waals surface area contributed by atoms with E-state index in [0.717, 1.165) is 21.2 Å². The fourth-order valence-electron chi connectivity index (χ4n) is 1.56. The number of nitrogens with zero attached hydrogens (tertiary/aromatic N) is 2. The number of aromatic nitrogens is 2. The number of hydrogen-bond acceptors (Lipinski definition) is 3. The Hall–Kier alpha value is -1.26. The fourth-order valence-corrected chi connectivity index (χ4v) is 2.04. The summed E-state index contributed by atoms with van der Waals surface area (Å²) in [6.07, 6.45) is 5.12. The summed E-state index contributed by atoms with van der Waals surface area (Å²) in [6, 6.07) is 6.03. The summed E-state index contributed by atoms with van der Waals surface area (Å²) < 4.78 is 6.24. The first kappa shape index (κ1) is 11.2. The third-order valence-electron chi connectivity index (χ3n) is 2.28. The number of benzene rings is 1. The monoisotopic (exact) mass is 278 g/mol. The maximum Gasteiger partial charge on any atom is 0.115 e. The summed E-state index contributed by atoms with van der Waals surface area (Å²) in [5, 5.41) is 0. The van der Waals surface area contributed by atoms with Crippen LogP contribution < -0.4 is 0 Å². The van der Waals surface area contributed by atoms with Gasteiger partial charge in [-0.3, -0.25) is 0 Å². The Morgan fingerprint density at radius 2 is 2.00 bits per heavy atom. The molecule has 0 amide bonds. The van der Waals surface area contributed by atoms with Gasteiger partial charge in [-0.15, -0.1) is 0 Å². The van der Waals surface area contributed by atoms with Crippen LogP contribution in [0.2, 0.25) is 0 Å². The summed E-state index contributed by atoms with van der Waals surface area (Å²) in [7, 11) is 1.69. The Morgan fingerprint density at radius 3 is 2.69 bits per heavy atom. The molecule has 0 aliphatic heterocycles. The molecular weight excluding hydrogens is 268 g/mol. The molecule has 0 radical (unpaired) electrons. The summed E-state index contributed by atoms with van der Waals surface area (Å²) in [4.78, 5) is 8.05. The van der Waals surface area contributed by atoms with Gasteiger partial charge in [0.25, 0.3) is 0 Å². The second kappa shape index (κ2) is 5.18. The zero-order valence-electron chi connectivity index (χ0n) is 8.85. The molecule has 1 heterocycles. The van der Waals surface area contributed by atoms with Crippen molar-refractivity contribution in [1.29, 1.82) is 0 Å². The number of methoxy groups -OCH3 is 1. The Labute approximate surface area is 103 Å². The second-order valence-electron chi connectivity index (χ2n) is 3.33. The van der Waals surface area contributed by atoms with Crippen molar-refractivity contribution < 1.29 is 4.74 Å². The average molecular weight is 279 g/mol. The van der Waals surface area contributed by atoms with E-state index in [1.54, 1.807) is 19.5 Å². The predicted octanol–water partition coefficient (Wildman–Crippen LogP) is 3.05. The minimum absolute atomic E-state index is 0.561. The summed E-state index contributed by atoms with van der Waals surface area (Å²) in [5.74, 6) is 0. The van der Waals surface area contributed by atoms with E-state index >= 15 is 0 Å². The van der Waals surface area contributed by atoms with Crippen molar-refractivity contribution in [3.63, 3.8) is 0 Å². The van der Waals surface area contributed by atoms with Gasteiger partial charge in [-0.2, -0.15) is 0 Å². The van der Waals surface area contributed by atoms with Gasteiger partial charge in [0.2, 0.25) is 0 Å². The normalized spacial score (nSPS) is 10.4. The molecule has 0 saturated heterocycles. The lowest BCUT2D eigenvalue weighted by Gasteiger charge is -2.10. The number of rotatable bonds is 3. The molecule has 4 heteroatoms. The van der Waals surface area contributed by atoms with E-state index in [2.05, 4.69) is 25.9 Å². The first-order valence-electron chi connectivity index (χ1n) is 4.84.